The lowest BCUT2D eigenvalue weighted by atomic mass is 10.0. The molecule has 1 N–H and O–H groups in total. The third-order valence-corrected chi connectivity index (χ3v) is 3.30. The van der Waals surface area contributed by atoms with Crippen molar-refractivity contribution >= 4 is 11.1 Å². The van der Waals surface area contributed by atoms with Crippen LogP contribution in [0, 0.1) is 6.92 Å². The Bertz CT molecular complexity index is 521. The molecule has 3 heteroatoms. The largest absolute Gasteiger partial charge is 0.302 e. The van der Waals surface area contributed by atoms with Crippen LogP contribution in [0.15, 0.2) is 53.4 Å². The molecule has 2 rings (SSSR count). The third-order valence-electron chi connectivity index (χ3n) is 2.48. The monoisotopic (exact) mass is 232 g/mol. The second-order valence-corrected chi connectivity index (χ2v) is 4.53. The fourth-order valence-electron chi connectivity index (χ4n) is 1.60. The highest BCUT2D eigenvalue weighted by molar-refractivity contribution is 7.79. The Hall–Kier alpha value is -1.45. The van der Waals surface area contributed by atoms with Gasteiger partial charge in [0.1, 0.15) is 0 Å². The maximum Gasteiger partial charge on any atom is 0.186 e. The van der Waals surface area contributed by atoms with Gasteiger partial charge < -0.3 is 4.55 Å². The number of hydrogen-bond acceptors (Lipinski definition) is 1. The third kappa shape index (κ3) is 2.21. The van der Waals surface area contributed by atoms with Crippen LogP contribution in [-0.2, 0) is 11.1 Å². The zero-order valence-corrected chi connectivity index (χ0v) is 9.70. The van der Waals surface area contributed by atoms with Crippen LogP contribution in [0.2, 0.25) is 0 Å². The van der Waals surface area contributed by atoms with Crippen LogP contribution in [0.1, 0.15) is 5.56 Å². The molecule has 0 radical (unpaired) electrons. The molecule has 0 saturated carbocycles. The SMILES string of the molecule is Cc1ccc(-c2ccccc2)cc1S(=O)O. The van der Waals surface area contributed by atoms with E-state index < -0.39 is 11.1 Å². The fourth-order valence-corrected chi connectivity index (χ4v) is 2.17. The Morgan fingerprint density at radius 3 is 2.31 bits per heavy atom. The van der Waals surface area contributed by atoms with Crippen molar-refractivity contribution in [1.29, 1.82) is 0 Å². The van der Waals surface area contributed by atoms with Crippen LogP contribution in [0.5, 0.6) is 0 Å². The summed E-state index contributed by atoms with van der Waals surface area (Å²) in [4.78, 5) is 0.473. The zero-order chi connectivity index (χ0) is 11.5. The first-order chi connectivity index (χ1) is 7.68. The molecule has 0 saturated heterocycles. The molecule has 16 heavy (non-hydrogen) atoms. The van der Waals surface area contributed by atoms with Crippen LogP contribution < -0.4 is 0 Å². The second-order valence-electron chi connectivity index (χ2n) is 3.60. The Labute approximate surface area is 97.2 Å². The van der Waals surface area contributed by atoms with Crippen LogP contribution in [0.3, 0.4) is 0 Å². The second kappa shape index (κ2) is 4.60. The summed E-state index contributed by atoms with van der Waals surface area (Å²) in [6, 6.07) is 15.4. The van der Waals surface area contributed by atoms with Crippen LogP contribution in [0.25, 0.3) is 11.1 Å². The van der Waals surface area contributed by atoms with Crippen molar-refractivity contribution in [2.45, 2.75) is 11.8 Å². The first kappa shape index (κ1) is 11.0. The summed E-state index contributed by atoms with van der Waals surface area (Å²) in [5, 5.41) is 0. The zero-order valence-electron chi connectivity index (χ0n) is 8.88. The molecule has 2 nitrogen and oxygen atoms in total. The van der Waals surface area contributed by atoms with Gasteiger partial charge in [0.25, 0.3) is 0 Å². The lowest BCUT2D eigenvalue weighted by molar-refractivity contribution is 0.564. The molecule has 0 aliphatic heterocycles. The van der Waals surface area contributed by atoms with Crippen LogP contribution in [-0.4, -0.2) is 8.76 Å². The first-order valence-electron chi connectivity index (χ1n) is 4.95. The minimum atomic E-state index is -1.92. The molecule has 0 fully saturated rings. The Morgan fingerprint density at radius 1 is 1.00 bits per heavy atom. The molecule has 1 unspecified atom stereocenters. The summed E-state index contributed by atoms with van der Waals surface area (Å²) in [5.41, 5.74) is 2.85. The minimum Gasteiger partial charge on any atom is -0.302 e. The van der Waals surface area contributed by atoms with Gasteiger partial charge in [-0.2, -0.15) is 0 Å². The van der Waals surface area contributed by atoms with Gasteiger partial charge in [0.2, 0.25) is 0 Å². The van der Waals surface area contributed by atoms with Gasteiger partial charge in [-0.3, -0.25) is 0 Å². The van der Waals surface area contributed by atoms with Crippen LogP contribution in [0.4, 0.5) is 0 Å². The maximum atomic E-state index is 11.1. The van der Waals surface area contributed by atoms with E-state index in [4.69, 9.17) is 4.55 Å². The molecule has 82 valence electrons. The van der Waals surface area contributed by atoms with Crippen molar-refractivity contribution in [2.75, 3.05) is 0 Å². The van der Waals surface area contributed by atoms with Crippen molar-refractivity contribution in [3.8, 4) is 11.1 Å². The van der Waals surface area contributed by atoms with Gasteiger partial charge in [-0.05, 0) is 29.7 Å². The normalized spacial score (nSPS) is 12.4. The van der Waals surface area contributed by atoms with E-state index in [1.807, 2.05) is 49.4 Å². The van der Waals surface area contributed by atoms with Gasteiger partial charge in [-0.25, -0.2) is 4.21 Å². The van der Waals surface area contributed by atoms with Crippen molar-refractivity contribution in [1.82, 2.24) is 0 Å². The molecular formula is C13H12O2S. The molecule has 0 spiro atoms. The van der Waals surface area contributed by atoms with E-state index in [1.165, 1.54) is 0 Å². The van der Waals surface area contributed by atoms with Gasteiger partial charge in [-0.15, -0.1) is 0 Å². The quantitative estimate of drug-likeness (QED) is 0.807. The van der Waals surface area contributed by atoms with Crippen molar-refractivity contribution in [3.05, 3.63) is 54.1 Å². The van der Waals surface area contributed by atoms with Gasteiger partial charge in [-0.1, -0.05) is 42.5 Å². The first-order valence-corrected chi connectivity index (χ1v) is 6.06. The number of aryl methyl sites for hydroxylation is 1. The van der Waals surface area contributed by atoms with E-state index in [9.17, 15) is 4.21 Å². The Morgan fingerprint density at radius 2 is 1.69 bits per heavy atom. The number of benzene rings is 2. The molecule has 0 aliphatic carbocycles. The van der Waals surface area contributed by atoms with E-state index in [0.717, 1.165) is 16.7 Å². The molecule has 0 heterocycles. The average Bonchev–Trinajstić information content (AvgIpc) is 2.30. The maximum absolute atomic E-state index is 11.1. The van der Waals surface area contributed by atoms with Gasteiger partial charge in [0.15, 0.2) is 11.1 Å². The highest BCUT2D eigenvalue weighted by Gasteiger charge is 2.06. The van der Waals surface area contributed by atoms with Crippen LogP contribution >= 0.6 is 0 Å². The molecular weight excluding hydrogens is 220 g/mol. The van der Waals surface area contributed by atoms with Gasteiger partial charge in [0, 0.05) is 0 Å². The summed E-state index contributed by atoms with van der Waals surface area (Å²) >= 11 is -1.92. The summed E-state index contributed by atoms with van der Waals surface area (Å²) < 4.78 is 20.3. The topological polar surface area (TPSA) is 37.3 Å². The average molecular weight is 232 g/mol. The fraction of sp³-hybridized carbons (Fsp3) is 0.0769. The summed E-state index contributed by atoms with van der Waals surface area (Å²) in [5.74, 6) is 0. The lowest BCUT2D eigenvalue weighted by Gasteiger charge is -2.05. The smallest absolute Gasteiger partial charge is 0.186 e. The summed E-state index contributed by atoms with van der Waals surface area (Å²) in [6.07, 6.45) is 0. The van der Waals surface area contributed by atoms with E-state index in [1.54, 1.807) is 6.07 Å². The van der Waals surface area contributed by atoms with E-state index >= 15 is 0 Å². The molecule has 0 aliphatic rings. The number of hydrogen-bond donors (Lipinski definition) is 1. The van der Waals surface area contributed by atoms with E-state index in [-0.39, 0.29) is 0 Å². The highest BCUT2D eigenvalue weighted by Crippen LogP contribution is 2.23. The van der Waals surface area contributed by atoms with Gasteiger partial charge >= 0.3 is 0 Å². The summed E-state index contributed by atoms with van der Waals surface area (Å²) in [7, 11) is 0. The minimum absolute atomic E-state index is 0.473. The predicted molar refractivity (Wildman–Crippen MR) is 65.7 cm³/mol. The standard InChI is InChI=1S/C13H12O2S/c1-10-7-8-12(9-13(10)16(14)15)11-5-3-2-4-6-11/h2-9H,1H3,(H,14,15). The summed E-state index contributed by atoms with van der Waals surface area (Å²) in [6.45, 7) is 1.83. The van der Waals surface area contributed by atoms with Crippen molar-refractivity contribution in [2.24, 2.45) is 0 Å². The van der Waals surface area contributed by atoms with Crippen molar-refractivity contribution in [3.63, 3.8) is 0 Å². The lowest BCUT2D eigenvalue weighted by Crippen LogP contribution is -1.93. The highest BCUT2D eigenvalue weighted by atomic mass is 32.2. The molecule has 1 atom stereocenters. The van der Waals surface area contributed by atoms with Crippen molar-refractivity contribution < 1.29 is 8.76 Å². The van der Waals surface area contributed by atoms with E-state index in [0.29, 0.717) is 4.90 Å². The molecule has 0 aromatic heterocycles. The molecule has 0 bridgehead atoms. The molecule has 2 aromatic carbocycles. The molecule has 0 amide bonds. The van der Waals surface area contributed by atoms with Gasteiger partial charge in [0.05, 0.1) is 4.90 Å². The molecule has 2 aromatic rings. The predicted octanol–water partition coefficient (Wildman–Crippen LogP) is 3.24. The number of rotatable bonds is 2. The Kier molecular flexibility index (Phi) is 3.17. The van der Waals surface area contributed by atoms with E-state index in [2.05, 4.69) is 0 Å². The Balaban J connectivity index is 2.52.